The number of rotatable bonds is 9. The normalized spacial score (nSPS) is 12.6. The quantitative estimate of drug-likeness (QED) is 0.436. The number of nitrogens with one attached hydrogen (secondary N) is 1. The molecule has 0 spiro atoms. The molecule has 0 aliphatic heterocycles. The molecule has 142 valence electrons. The summed E-state index contributed by atoms with van der Waals surface area (Å²) >= 11 is 6.21. The Morgan fingerprint density at radius 2 is 1.85 bits per heavy atom. The molecule has 0 bridgehead atoms. The molecule has 0 saturated carbocycles. The van der Waals surface area contributed by atoms with Crippen LogP contribution in [-0.4, -0.2) is 30.1 Å². The van der Waals surface area contributed by atoms with Gasteiger partial charge in [0.2, 0.25) is 10.0 Å². The Balaban J connectivity index is 1.43. The van der Waals surface area contributed by atoms with Crippen LogP contribution in [0, 0.1) is 0 Å². The third kappa shape index (κ3) is 5.56. The lowest BCUT2D eigenvalue weighted by Crippen LogP contribution is -2.25. The van der Waals surface area contributed by atoms with Gasteiger partial charge in [-0.05, 0) is 49.2 Å². The van der Waals surface area contributed by atoms with Gasteiger partial charge in [0.25, 0.3) is 0 Å². The highest BCUT2D eigenvalue weighted by Crippen LogP contribution is 2.19. The number of benzene rings is 2. The molecule has 0 radical (unpaired) electrons. The van der Waals surface area contributed by atoms with Gasteiger partial charge in [0.1, 0.15) is 5.75 Å². The minimum Gasteiger partial charge on any atom is -0.475 e. The van der Waals surface area contributed by atoms with Gasteiger partial charge in [-0.2, -0.15) is 0 Å². The summed E-state index contributed by atoms with van der Waals surface area (Å²) in [6, 6.07) is 15.8. The fourth-order valence-electron chi connectivity index (χ4n) is 2.47. The zero-order valence-corrected chi connectivity index (χ0v) is 16.1. The predicted molar refractivity (Wildman–Crippen MR) is 105 cm³/mol. The molecule has 1 N–H and O–H groups in total. The number of imidazole rings is 1. The summed E-state index contributed by atoms with van der Waals surface area (Å²) in [6.07, 6.45) is 6.37. The number of hydrogen-bond acceptors (Lipinski definition) is 4. The molecule has 3 aromatic rings. The number of ether oxygens (including phenoxy) is 1. The molecule has 8 heteroatoms. The van der Waals surface area contributed by atoms with Crippen molar-refractivity contribution in [3.05, 3.63) is 73.3 Å². The maximum Gasteiger partial charge on any atom is 0.240 e. The first-order chi connectivity index (χ1) is 13.0. The zero-order valence-electron chi connectivity index (χ0n) is 14.5. The molecule has 1 heterocycles. The number of aromatic nitrogens is 2. The van der Waals surface area contributed by atoms with Gasteiger partial charge in [-0.25, -0.2) is 18.1 Å². The van der Waals surface area contributed by atoms with Gasteiger partial charge >= 0.3 is 0 Å². The van der Waals surface area contributed by atoms with Crippen molar-refractivity contribution in [3.63, 3.8) is 0 Å². The van der Waals surface area contributed by atoms with Crippen LogP contribution in [0.25, 0.3) is 5.69 Å². The molecule has 2 aromatic carbocycles. The number of halogens is 1. The van der Waals surface area contributed by atoms with E-state index in [0.717, 1.165) is 5.69 Å². The van der Waals surface area contributed by atoms with E-state index in [4.69, 9.17) is 16.3 Å². The van der Waals surface area contributed by atoms with Crippen LogP contribution in [-0.2, 0) is 10.0 Å². The third-order valence-electron chi connectivity index (χ3n) is 3.86. The lowest BCUT2D eigenvalue weighted by atomic mass is 10.3. The van der Waals surface area contributed by atoms with Crippen molar-refractivity contribution in [2.75, 3.05) is 6.54 Å². The van der Waals surface area contributed by atoms with Crippen LogP contribution in [0.2, 0.25) is 0 Å². The second kappa shape index (κ2) is 9.03. The predicted octanol–water partition coefficient (Wildman–Crippen LogP) is 3.57. The zero-order chi connectivity index (χ0) is 19.1. The molecule has 1 aromatic heterocycles. The Labute approximate surface area is 163 Å². The number of sulfonamides is 1. The number of nitrogens with zero attached hydrogens (tertiary/aromatic N) is 2. The summed E-state index contributed by atoms with van der Waals surface area (Å²) in [6.45, 7) is 0.295. The van der Waals surface area contributed by atoms with Crippen LogP contribution < -0.4 is 9.46 Å². The second-order valence-corrected chi connectivity index (χ2v) is 8.10. The molecule has 0 aliphatic rings. The van der Waals surface area contributed by atoms with Crippen molar-refractivity contribution in [2.24, 2.45) is 0 Å². The summed E-state index contributed by atoms with van der Waals surface area (Å²) in [5.41, 5.74) is 0.437. The Morgan fingerprint density at radius 3 is 2.52 bits per heavy atom. The summed E-state index contributed by atoms with van der Waals surface area (Å²) in [5, 5.41) is 0. The average Bonchev–Trinajstić information content (AvgIpc) is 3.21. The maximum atomic E-state index is 12.1. The fraction of sp³-hybridized carbons (Fsp3) is 0.211. The van der Waals surface area contributed by atoms with Crippen LogP contribution in [0.5, 0.6) is 5.75 Å². The van der Waals surface area contributed by atoms with E-state index in [1.807, 2.05) is 35.0 Å². The summed E-state index contributed by atoms with van der Waals surface area (Å²) in [4.78, 5) is 4.26. The summed E-state index contributed by atoms with van der Waals surface area (Å²) in [5.74, 6) is 0.656. The van der Waals surface area contributed by atoms with Gasteiger partial charge in [0, 0.05) is 24.6 Å². The standard InChI is InChI=1S/C19H20ClN3O3S/c20-19(7-4-12-22-27(24,25)18-5-2-1-3-6-18)26-17-10-8-16(9-11-17)23-14-13-21-15-23/h1-3,5-6,8-11,13-15,19,22H,4,7,12H2. The Hall–Kier alpha value is -2.35. The van der Waals surface area contributed by atoms with E-state index in [1.54, 1.807) is 42.9 Å². The molecule has 0 amide bonds. The van der Waals surface area contributed by atoms with Crippen LogP contribution in [0.1, 0.15) is 12.8 Å². The van der Waals surface area contributed by atoms with Gasteiger partial charge in [-0.3, -0.25) is 0 Å². The molecule has 0 fully saturated rings. The first-order valence-electron chi connectivity index (χ1n) is 8.48. The summed E-state index contributed by atoms with van der Waals surface area (Å²) < 4.78 is 34.4. The van der Waals surface area contributed by atoms with E-state index >= 15 is 0 Å². The molecule has 1 unspecified atom stereocenters. The molecule has 3 rings (SSSR count). The SMILES string of the molecule is O=S(=O)(NCCCC(Cl)Oc1ccc(-n2ccnc2)cc1)c1ccccc1. The van der Waals surface area contributed by atoms with Crippen molar-refractivity contribution in [1.29, 1.82) is 0 Å². The third-order valence-corrected chi connectivity index (χ3v) is 5.64. The first-order valence-corrected chi connectivity index (χ1v) is 10.4. The molecule has 27 heavy (non-hydrogen) atoms. The topological polar surface area (TPSA) is 73.2 Å². The van der Waals surface area contributed by atoms with Crippen LogP contribution in [0.4, 0.5) is 0 Å². The van der Waals surface area contributed by atoms with Crippen LogP contribution in [0.3, 0.4) is 0 Å². The fourth-order valence-corrected chi connectivity index (χ4v) is 3.82. The second-order valence-electron chi connectivity index (χ2n) is 5.84. The van der Waals surface area contributed by atoms with Crippen molar-refractivity contribution >= 4 is 21.6 Å². The number of hydrogen-bond donors (Lipinski definition) is 1. The molecule has 0 aliphatic carbocycles. The average molecular weight is 406 g/mol. The van der Waals surface area contributed by atoms with E-state index in [0.29, 0.717) is 25.1 Å². The highest BCUT2D eigenvalue weighted by Gasteiger charge is 2.13. The van der Waals surface area contributed by atoms with Crippen molar-refractivity contribution in [3.8, 4) is 11.4 Å². The van der Waals surface area contributed by atoms with Crippen LogP contribution in [0.15, 0.2) is 78.2 Å². The minimum atomic E-state index is -3.48. The molecular formula is C19H20ClN3O3S. The highest BCUT2D eigenvalue weighted by molar-refractivity contribution is 7.89. The van der Waals surface area contributed by atoms with Gasteiger partial charge in [-0.1, -0.05) is 29.8 Å². The van der Waals surface area contributed by atoms with Gasteiger partial charge in [0.15, 0.2) is 5.56 Å². The van der Waals surface area contributed by atoms with Crippen molar-refractivity contribution < 1.29 is 13.2 Å². The number of alkyl halides is 1. The highest BCUT2D eigenvalue weighted by atomic mass is 35.5. The monoisotopic (exact) mass is 405 g/mol. The maximum absolute atomic E-state index is 12.1. The van der Waals surface area contributed by atoms with E-state index in [-0.39, 0.29) is 4.90 Å². The van der Waals surface area contributed by atoms with E-state index in [2.05, 4.69) is 9.71 Å². The molecule has 1 atom stereocenters. The lowest BCUT2D eigenvalue weighted by Gasteiger charge is -2.13. The molecule has 6 nitrogen and oxygen atoms in total. The van der Waals surface area contributed by atoms with Gasteiger partial charge in [0.05, 0.1) is 11.2 Å². The van der Waals surface area contributed by atoms with Crippen molar-refractivity contribution in [2.45, 2.75) is 23.3 Å². The van der Waals surface area contributed by atoms with E-state index in [1.165, 1.54) is 0 Å². The lowest BCUT2D eigenvalue weighted by molar-refractivity contribution is 0.267. The summed E-state index contributed by atoms with van der Waals surface area (Å²) in [7, 11) is -3.48. The van der Waals surface area contributed by atoms with Crippen molar-refractivity contribution in [1.82, 2.24) is 14.3 Å². The smallest absolute Gasteiger partial charge is 0.240 e. The van der Waals surface area contributed by atoms with E-state index in [9.17, 15) is 8.42 Å². The molecular weight excluding hydrogens is 386 g/mol. The largest absolute Gasteiger partial charge is 0.475 e. The molecule has 0 saturated heterocycles. The Kier molecular flexibility index (Phi) is 6.49. The minimum absolute atomic E-state index is 0.252. The Morgan fingerprint density at radius 1 is 1.11 bits per heavy atom. The Bertz CT molecular complexity index is 930. The van der Waals surface area contributed by atoms with E-state index < -0.39 is 15.6 Å². The van der Waals surface area contributed by atoms with Gasteiger partial charge < -0.3 is 9.30 Å². The van der Waals surface area contributed by atoms with Crippen LogP contribution >= 0.6 is 11.6 Å². The first kappa shape index (κ1) is 19.4. The van der Waals surface area contributed by atoms with Gasteiger partial charge in [-0.15, -0.1) is 0 Å².